The standard InChI is InChI=1S/C13H12F2N6O/c14-10-1-2-11(12(15)3-10)13(22,4-20-8-16-6-18-20)5-21-9-17-7-19-21/h1-3,6-9,22H,4-5H2/i4D2. The number of nitrogens with zero attached hydrogens (tertiary/aromatic N) is 6. The van der Waals surface area contributed by atoms with Gasteiger partial charge in [-0.15, -0.1) is 0 Å². The Morgan fingerprint density at radius 1 is 1.14 bits per heavy atom. The van der Waals surface area contributed by atoms with E-state index in [1.165, 1.54) is 12.7 Å². The van der Waals surface area contributed by atoms with Crippen LogP contribution in [-0.2, 0) is 18.6 Å². The van der Waals surface area contributed by atoms with Crippen LogP contribution in [-0.4, -0.2) is 34.6 Å². The monoisotopic (exact) mass is 308 g/mol. The van der Waals surface area contributed by atoms with Crippen LogP contribution in [0, 0.1) is 11.6 Å². The molecule has 3 rings (SSSR count). The molecule has 0 amide bonds. The minimum atomic E-state index is -2.62. The first-order valence-corrected chi connectivity index (χ1v) is 6.20. The molecule has 0 radical (unpaired) electrons. The average molecular weight is 308 g/mol. The molecule has 1 aromatic carbocycles. The van der Waals surface area contributed by atoms with Gasteiger partial charge < -0.3 is 5.11 Å². The van der Waals surface area contributed by atoms with Crippen molar-refractivity contribution in [3.63, 3.8) is 0 Å². The van der Waals surface area contributed by atoms with Gasteiger partial charge in [0, 0.05) is 11.6 Å². The van der Waals surface area contributed by atoms with E-state index in [2.05, 4.69) is 20.2 Å². The third-order valence-electron chi connectivity index (χ3n) is 2.95. The Balaban J connectivity index is 2.17. The van der Waals surface area contributed by atoms with Gasteiger partial charge in [-0.05, 0) is 6.07 Å². The number of benzene rings is 1. The average Bonchev–Trinajstić information content (AvgIpc) is 3.20. The maximum absolute atomic E-state index is 14.3. The summed E-state index contributed by atoms with van der Waals surface area (Å²) in [5.74, 6) is -1.94. The molecule has 0 aliphatic heterocycles. The Labute approximate surface area is 126 Å². The molecule has 0 bridgehead atoms. The van der Waals surface area contributed by atoms with Gasteiger partial charge in [0.15, 0.2) is 0 Å². The Hall–Kier alpha value is -2.68. The summed E-state index contributed by atoms with van der Waals surface area (Å²) in [6.07, 6.45) is 4.55. The highest BCUT2D eigenvalue weighted by Crippen LogP contribution is 2.28. The van der Waals surface area contributed by atoms with Gasteiger partial charge in [0.1, 0.15) is 42.5 Å². The molecule has 0 saturated carbocycles. The fourth-order valence-electron chi connectivity index (χ4n) is 2.01. The van der Waals surface area contributed by atoms with E-state index in [0.717, 1.165) is 34.2 Å². The second-order valence-corrected chi connectivity index (χ2v) is 4.53. The summed E-state index contributed by atoms with van der Waals surface area (Å²) in [5, 5.41) is 18.6. The lowest BCUT2D eigenvalue weighted by molar-refractivity contribution is -0.00855. The molecule has 7 nitrogen and oxygen atoms in total. The van der Waals surface area contributed by atoms with E-state index < -0.39 is 35.8 Å². The van der Waals surface area contributed by atoms with E-state index in [0.29, 0.717) is 6.07 Å². The van der Waals surface area contributed by atoms with E-state index in [-0.39, 0.29) is 0 Å². The predicted molar refractivity (Wildman–Crippen MR) is 70.3 cm³/mol. The van der Waals surface area contributed by atoms with Crippen molar-refractivity contribution in [1.29, 1.82) is 0 Å². The maximum atomic E-state index is 14.3. The van der Waals surface area contributed by atoms with Crippen molar-refractivity contribution in [2.24, 2.45) is 0 Å². The lowest BCUT2D eigenvalue weighted by Crippen LogP contribution is -2.37. The van der Waals surface area contributed by atoms with Crippen LogP contribution >= 0.6 is 0 Å². The summed E-state index contributed by atoms with van der Waals surface area (Å²) in [7, 11) is 0. The van der Waals surface area contributed by atoms with Crippen molar-refractivity contribution in [3.8, 4) is 0 Å². The first-order chi connectivity index (χ1) is 11.3. The van der Waals surface area contributed by atoms with Crippen LogP contribution in [0.3, 0.4) is 0 Å². The van der Waals surface area contributed by atoms with Crippen molar-refractivity contribution < 1.29 is 16.6 Å². The van der Waals surface area contributed by atoms with E-state index in [1.807, 2.05) is 0 Å². The van der Waals surface area contributed by atoms with Gasteiger partial charge >= 0.3 is 0 Å². The number of hydrogen-bond donors (Lipinski definition) is 1. The zero-order valence-corrected chi connectivity index (χ0v) is 11.1. The fourth-order valence-corrected chi connectivity index (χ4v) is 2.01. The second-order valence-electron chi connectivity index (χ2n) is 4.53. The number of hydrogen-bond acceptors (Lipinski definition) is 5. The van der Waals surface area contributed by atoms with Gasteiger partial charge in [-0.2, -0.15) is 10.2 Å². The minimum absolute atomic E-state index is 0.445. The van der Waals surface area contributed by atoms with Crippen molar-refractivity contribution in [2.45, 2.75) is 18.6 Å². The van der Waals surface area contributed by atoms with Gasteiger partial charge in [0.2, 0.25) is 0 Å². The Bertz CT molecular complexity index is 827. The maximum Gasteiger partial charge on any atom is 0.137 e. The van der Waals surface area contributed by atoms with E-state index in [1.54, 1.807) is 0 Å². The molecule has 0 fully saturated rings. The van der Waals surface area contributed by atoms with Gasteiger partial charge in [-0.3, -0.25) is 0 Å². The highest BCUT2D eigenvalue weighted by Gasteiger charge is 2.34. The zero-order valence-electron chi connectivity index (χ0n) is 13.1. The number of aliphatic hydroxyl groups is 1. The summed E-state index contributed by atoms with van der Waals surface area (Å²) in [6, 6.07) is 2.48. The van der Waals surface area contributed by atoms with Crippen LogP contribution in [0.5, 0.6) is 0 Å². The molecular formula is C13H12F2N6O. The Morgan fingerprint density at radius 2 is 1.82 bits per heavy atom. The molecule has 0 aliphatic carbocycles. The molecule has 1 atom stereocenters. The van der Waals surface area contributed by atoms with Gasteiger partial charge in [0.05, 0.1) is 15.8 Å². The molecule has 3 aromatic rings. The first kappa shape index (κ1) is 11.9. The Kier molecular flexibility index (Phi) is 3.04. The van der Waals surface area contributed by atoms with Crippen LogP contribution in [0.25, 0.3) is 0 Å². The van der Waals surface area contributed by atoms with Crippen LogP contribution in [0.4, 0.5) is 8.78 Å². The molecule has 1 unspecified atom stereocenters. The molecule has 22 heavy (non-hydrogen) atoms. The predicted octanol–water partition coefficient (Wildman–Crippen LogP) is 0.736. The molecule has 9 heteroatoms. The smallest absolute Gasteiger partial charge is 0.137 e. The van der Waals surface area contributed by atoms with Gasteiger partial charge in [0.25, 0.3) is 0 Å². The van der Waals surface area contributed by atoms with E-state index in [9.17, 15) is 13.9 Å². The highest BCUT2D eigenvalue weighted by atomic mass is 19.1. The molecular weight excluding hydrogens is 294 g/mol. The fraction of sp³-hybridized carbons (Fsp3) is 0.231. The molecule has 114 valence electrons. The van der Waals surface area contributed by atoms with Crippen molar-refractivity contribution >= 4 is 0 Å². The SMILES string of the molecule is [2H]C([2H])(n1cncn1)C(O)(Cn1cncn1)c1ccc(F)cc1F. The summed E-state index contributed by atoms with van der Waals surface area (Å²) >= 11 is 0. The van der Waals surface area contributed by atoms with Crippen molar-refractivity contribution in [1.82, 2.24) is 29.5 Å². The molecule has 1 N–H and O–H groups in total. The summed E-state index contributed by atoms with van der Waals surface area (Å²) < 4.78 is 46.0. The molecule has 2 aromatic heterocycles. The van der Waals surface area contributed by atoms with Crippen LogP contribution in [0.15, 0.2) is 43.5 Å². The molecule has 0 saturated heterocycles. The lowest BCUT2D eigenvalue weighted by Gasteiger charge is -2.28. The Morgan fingerprint density at radius 3 is 2.41 bits per heavy atom. The highest BCUT2D eigenvalue weighted by molar-refractivity contribution is 5.25. The van der Waals surface area contributed by atoms with E-state index >= 15 is 0 Å². The zero-order chi connectivity index (χ0) is 17.4. The normalized spacial score (nSPS) is 16.0. The van der Waals surface area contributed by atoms with Gasteiger partial charge in [-0.25, -0.2) is 28.1 Å². The number of rotatable bonds is 5. The summed E-state index contributed by atoms with van der Waals surface area (Å²) in [5.41, 5.74) is -2.91. The largest absolute Gasteiger partial charge is 0.381 e. The first-order valence-electron chi connectivity index (χ1n) is 7.20. The summed E-state index contributed by atoms with van der Waals surface area (Å²) in [6.45, 7) is -3.10. The lowest BCUT2D eigenvalue weighted by atomic mass is 9.93. The molecule has 0 spiro atoms. The number of halogens is 2. The van der Waals surface area contributed by atoms with Crippen LogP contribution in [0.1, 0.15) is 8.30 Å². The second kappa shape index (κ2) is 5.60. The van der Waals surface area contributed by atoms with Crippen LogP contribution in [0.2, 0.25) is 0 Å². The molecule has 2 heterocycles. The van der Waals surface area contributed by atoms with Crippen molar-refractivity contribution in [3.05, 3.63) is 60.7 Å². The van der Waals surface area contributed by atoms with Crippen molar-refractivity contribution in [2.75, 3.05) is 0 Å². The minimum Gasteiger partial charge on any atom is -0.381 e. The third-order valence-corrected chi connectivity index (χ3v) is 2.95. The quantitative estimate of drug-likeness (QED) is 0.751. The topological polar surface area (TPSA) is 81.6 Å². The van der Waals surface area contributed by atoms with Crippen LogP contribution < -0.4 is 0 Å². The third kappa shape index (κ3) is 2.84. The molecule has 0 aliphatic rings. The van der Waals surface area contributed by atoms with E-state index in [4.69, 9.17) is 2.74 Å². The number of aromatic nitrogens is 6. The van der Waals surface area contributed by atoms with Gasteiger partial charge in [-0.1, -0.05) is 6.07 Å². The summed E-state index contributed by atoms with van der Waals surface area (Å²) in [4.78, 5) is 7.35.